The molecule has 0 saturated carbocycles. The van der Waals surface area contributed by atoms with Crippen molar-refractivity contribution in [3.05, 3.63) is 29.3 Å². The summed E-state index contributed by atoms with van der Waals surface area (Å²) in [6.45, 7) is 11.6. The lowest BCUT2D eigenvalue weighted by Crippen LogP contribution is -2.54. The minimum absolute atomic E-state index is 0.0840. The Morgan fingerprint density at radius 1 is 1.25 bits per heavy atom. The molecule has 0 aliphatic carbocycles. The average Bonchev–Trinajstić information content (AvgIpc) is 2.65. The zero-order valence-corrected chi connectivity index (χ0v) is 17.8. The zero-order valence-electron chi connectivity index (χ0n) is 17.1. The van der Waals surface area contributed by atoms with Crippen molar-refractivity contribution in [3.8, 4) is 5.75 Å². The van der Waals surface area contributed by atoms with E-state index in [-0.39, 0.29) is 11.9 Å². The highest BCUT2D eigenvalue weighted by atomic mass is 35.5. The lowest BCUT2D eigenvalue weighted by Gasteiger charge is -2.36. The normalized spacial score (nSPS) is 15.6. The summed E-state index contributed by atoms with van der Waals surface area (Å²) in [4.78, 5) is 21.0. The monoisotopic (exact) mass is 409 g/mol. The van der Waals surface area contributed by atoms with Crippen LogP contribution < -0.4 is 15.4 Å². The first-order valence-corrected chi connectivity index (χ1v) is 10.3. The number of hydrogen-bond donors (Lipinski definition) is 2. The molecular formula is C20H32ClN5O2. The molecule has 1 saturated heterocycles. The molecule has 0 atom stereocenters. The second-order valence-corrected chi connectivity index (χ2v) is 7.41. The summed E-state index contributed by atoms with van der Waals surface area (Å²) in [6.07, 6.45) is 0. The Morgan fingerprint density at radius 2 is 1.96 bits per heavy atom. The number of aliphatic imine (C=N–C) groups is 1. The molecule has 2 rings (SSSR count). The maximum atomic E-state index is 11.9. The molecule has 0 spiro atoms. The van der Waals surface area contributed by atoms with E-state index in [0.29, 0.717) is 30.5 Å². The lowest BCUT2D eigenvalue weighted by atomic mass is 10.3. The van der Waals surface area contributed by atoms with Crippen molar-refractivity contribution in [3.63, 3.8) is 0 Å². The SMILES string of the molecule is CCNC(=NCCOc1ccccc1Cl)N1CCN(CC(=O)NC(C)C)CC1. The summed E-state index contributed by atoms with van der Waals surface area (Å²) >= 11 is 6.10. The largest absolute Gasteiger partial charge is 0.490 e. The number of nitrogens with zero attached hydrogens (tertiary/aromatic N) is 3. The highest BCUT2D eigenvalue weighted by molar-refractivity contribution is 6.32. The maximum Gasteiger partial charge on any atom is 0.234 e. The van der Waals surface area contributed by atoms with Crippen LogP contribution in [0, 0.1) is 0 Å². The predicted molar refractivity (Wildman–Crippen MR) is 114 cm³/mol. The van der Waals surface area contributed by atoms with Gasteiger partial charge in [-0.1, -0.05) is 23.7 Å². The number of benzene rings is 1. The van der Waals surface area contributed by atoms with Crippen LogP contribution >= 0.6 is 11.6 Å². The van der Waals surface area contributed by atoms with Gasteiger partial charge >= 0.3 is 0 Å². The van der Waals surface area contributed by atoms with E-state index in [2.05, 4.69) is 32.3 Å². The minimum atomic E-state index is 0.0840. The van der Waals surface area contributed by atoms with Crippen molar-refractivity contribution < 1.29 is 9.53 Å². The molecule has 1 fully saturated rings. The van der Waals surface area contributed by atoms with Gasteiger partial charge in [-0.25, -0.2) is 4.99 Å². The Balaban J connectivity index is 1.79. The number of rotatable bonds is 8. The van der Waals surface area contributed by atoms with Crippen LogP contribution in [0.4, 0.5) is 0 Å². The molecule has 2 N–H and O–H groups in total. The molecule has 0 bridgehead atoms. The number of para-hydroxylation sites is 1. The quantitative estimate of drug-likeness (QED) is 0.389. The number of amides is 1. The van der Waals surface area contributed by atoms with Gasteiger partial charge in [0.05, 0.1) is 18.1 Å². The van der Waals surface area contributed by atoms with Crippen LogP contribution in [0.2, 0.25) is 5.02 Å². The highest BCUT2D eigenvalue weighted by Crippen LogP contribution is 2.22. The van der Waals surface area contributed by atoms with E-state index in [9.17, 15) is 4.79 Å². The minimum Gasteiger partial charge on any atom is -0.490 e. The Hall–Kier alpha value is -1.99. The van der Waals surface area contributed by atoms with E-state index in [1.54, 1.807) is 0 Å². The maximum absolute atomic E-state index is 11.9. The zero-order chi connectivity index (χ0) is 20.4. The van der Waals surface area contributed by atoms with E-state index in [4.69, 9.17) is 16.3 Å². The molecular weight excluding hydrogens is 378 g/mol. The van der Waals surface area contributed by atoms with Gasteiger partial charge in [-0.2, -0.15) is 0 Å². The van der Waals surface area contributed by atoms with Gasteiger partial charge < -0.3 is 20.3 Å². The molecule has 1 heterocycles. The predicted octanol–water partition coefficient (Wildman–Crippen LogP) is 1.83. The molecule has 7 nitrogen and oxygen atoms in total. The molecule has 0 unspecified atom stereocenters. The Kier molecular flexibility index (Phi) is 9.37. The number of ether oxygens (including phenoxy) is 1. The summed E-state index contributed by atoms with van der Waals surface area (Å²) in [7, 11) is 0. The van der Waals surface area contributed by atoms with Crippen molar-refractivity contribution in [1.82, 2.24) is 20.4 Å². The molecule has 1 aliphatic heterocycles. The van der Waals surface area contributed by atoms with Gasteiger partial charge in [-0.15, -0.1) is 0 Å². The van der Waals surface area contributed by atoms with Gasteiger partial charge in [0.15, 0.2) is 5.96 Å². The number of guanidine groups is 1. The Bertz CT molecular complexity index is 645. The van der Waals surface area contributed by atoms with Gasteiger partial charge in [0.2, 0.25) is 5.91 Å². The Morgan fingerprint density at radius 3 is 2.61 bits per heavy atom. The Labute approximate surface area is 173 Å². The second-order valence-electron chi connectivity index (χ2n) is 7.00. The van der Waals surface area contributed by atoms with Crippen molar-refractivity contribution in [2.45, 2.75) is 26.8 Å². The molecule has 8 heteroatoms. The first kappa shape index (κ1) is 22.3. The molecule has 28 heavy (non-hydrogen) atoms. The van der Waals surface area contributed by atoms with Crippen LogP contribution in [0.25, 0.3) is 0 Å². The molecule has 1 aliphatic rings. The van der Waals surface area contributed by atoms with Gasteiger partial charge in [0.1, 0.15) is 12.4 Å². The van der Waals surface area contributed by atoms with E-state index in [1.807, 2.05) is 38.1 Å². The first-order valence-electron chi connectivity index (χ1n) is 9.92. The van der Waals surface area contributed by atoms with Crippen LogP contribution in [0.5, 0.6) is 5.75 Å². The van der Waals surface area contributed by atoms with Crippen LogP contribution in [0.15, 0.2) is 29.3 Å². The van der Waals surface area contributed by atoms with E-state index >= 15 is 0 Å². The summed E-state index contributed by atoms with van der Waals surface area (Å²) in [6, 6.07) is 7.61. The average molecular weight is 410 g/mol. The smallest absolute Gasteiger partial charge is 0.234 e. The number of carbonyl (C=O) groups is 1. The van der Waals surface area contributed by atoms with Gasteiger partial charge in [0.25, 0.3) is 0 Å². The fraction of sp³-hybridized carbons (Fsp3) is 0.600. The number of hydrogen-bond acceptors (Lipinski definition) is 4. The summed E-state index contributed by atoms with van der Waals surface area (Å²) < 4.78 is 5.71. The summed E-state index contributed by atoms with van der Waals surface area (Å²) in [5.41, 5.74) is 0. The van der Waals surface area contributed by atoms with Crippen molar-refractivity contribution >= 4 is 23.5 Å². The van der Waals surface area contributed by atoms with E-state index < -0.39 is 0 Å². The van der Waals surface area contributed by atoms with Crippen LogP contribution in [0.3, 0.4) is 0 Å². The number of halogens is 1. The fourth-order valence-corrected chi connectivity index (χ4v) is 3.17. The van der Waals surface area contributed by atoms with Crippen molar-refractivity contribution in [2.24, 2.45) is 4.99 Å². The summed E-state index contributed by atoms with van der Waals surface area (Å²) in [5.74, 6) is 1.65. The van der Waals surface area contributed by atoms with E-state index in [1.165, 1.54) is 0 Å². The molecule has 0 aromatic heterocycles. The van der Waals surface area contributed by atoms with Crippen LogP contribution in [-0.2, 0) is 4.79 Å². The summed E-state index contributed by atoms with van der Waals surface area (Å²) in [5, 5.41) is 6.89. The second kappa shape index (κ2) is 11.8. The lowest BCUT2D eigenvalue weighted by molar-refractivity contribution is -0.123. The third kappa shape index (κ3) is 7.56. The van der Waals surface area contributed by atoms with Gasteiger partial charge in [-0.05, 0) is 32.9 Å². The van der Waals surface area contributed by atoms with Crippen LogP contribution in [0.1, 0.15) is 20.8 Å². The van der Waals surface area contributed by atoms with Gasteiger partial charge in [0, 0.05) is 38.8 Å². The molecule has 156 valence electrons. The molecule has 1 amide bonds. The number of piperazine rings is 1. The molecule has 0 radical (unpaired) electrons. The topological polar surface area (TPSA) is 69.2 Å². The number of carbonyl (C=O) groups excluding carboxylic acids is 1. The van der Waals surface area contributed by atoms with Crippen LogP contribution in [-0.4, -0.2) is 80.1 Å². The molecule has 1 aromatic carbocycles. The first-order chi connectivity index (χ1) is 13.5. The highest BCUT2D eigenvalue weighted by Gasteiger charge is 2.21. The van der Waals surface area contributed by atoms with E-state index in [0.717, 1.165) is 38.7 Å². The van der Waals surface area contributed by atoms with Gasteiger partial charge in [-0.3, -0.25) is 9.69 Å². The number of nitrogens with one attached hydrogen (secondary N) is 2. The van der Waals surface area contributed by atoms with Crippen molar-refractivity contribution in [2.75, 3.05) is 52.4 Å². The third-order valence-corrected chi connectivity index (χ3v) is 4.58. The van der Waals surface area contributed by atoms with Crippen molar-refractivity contribution in [1.29, 1.82) is 0 Å². The standard InChI is InChI=1S/C20H32ClN5O2/c1-4-22-20(23-9-14-28-18-8-6-5-7-17(18)21)26-12-10-25(11-13-26)15-19(27)24-16(2)3/h5-8,16H,4,9-15H2,1-3H3,(H,22,23)(H,24,27). The third-order valence-electron chi connectivity index (χ3n) is 4.27. The molecule has 1 aromatic rings. The fourth-order valence-electron chi connectivity index (χ4n) is 2.98.